The van der Waals surface area contributed by atoms with E-state index in [0.29, 0.717) is 19.5 Å². The summed E-state index contributed by atoms with van der Waals surface area (Å²) in [7, 11) is 0. The highest BCUT2D eigenvalue weighted by Gasteiger charge is 2.33. The fourth-order valence-corrected chi connectivity index (χ4v) is 2.58. The van der Waals surface area contributed by atoms with Crippen LogP contribution in [0.2, 0.25) is 0 Å². The number of ether oxygens (including phenoxy) is 1. The Morgan fingerprint density at radius 2 is 2.17 bits per heavy atom. The van der Waals surface area contributed by atoms with Gasteiger partial charge in [0, 0.05) is 19.7 Å². The van der Waals surface area contributed by atoms with Crippen LogP contribution >= 0.6 is 0 Å². The smallest absolute Gasteiger partial charge is 0.326 e. The minimum Gasteiger partial charge on any atom is -0.480 e. The molecule has 6 heteroatoms. The van der Waals surface area contributed by atoms with Crippen molar-refractivity contribution >= 4 is 12.0 Å². The maximum absolute atomic E-state index is 11.8. The summed E-state index contributed by atoms with van der Waals surface area (Å²) in [5, 5.41) is 11.8. The van der Waals surface area contributed by atoms with Crippen molar-refractivity contribution < 1.29 is 19.4 Å². The third kappa shape index (κ3) is 3.13. The van der Waals surface area contributed by atoms with E-state index in [9.17, 15) is 9.59 Å². The molecule has 0 radical (unpaired) electrons. The Balaban J connectivity index is 1.71. The third-order valence-corrected chi connectivity index (χ3v) is 3.57. The molecule has 18 heavy (non-hydrogen) atoms. The van der Waals surface area contributed by atoms with Crippen LogP contribution in [-0.4, -0.2) is 53.8 Å². The van der Waals surface area contributed by atoms with Gasteiger partial charge in [-0.3, -0.25) is 0 Å². The molecule has 0 aromatic rings. The first-order valence-electron chi connectivity index (χ1n) is 6.57. The minimum atomic E-state index is -0.915. The molecule has 2 fully saturated rings. The first-order chi connectivity index (χ1) is 8.68. The zero-order valence-electron chi connectivity index (χ0n) is 10.4. The summed E-state index contributed by atoms with van der Waals surface area (Å²) in [6.07, 6.45) is 4.50. The summed E-state index contributed by atoms with van der Waals surface area (Å²) in [5.74, 6) is -0.915. The molecule has 0 aromatic carbocycles. The average Bonchev–Trinajstić information content (AvgIpc) is 2.99. The highest BCUT2D eigenvalue weighted by molar-refractivity contribution is 5.83. The summed E-state index contributed by atoms with van der Waals surface area (Å²) in [4.78, 5) is 24.2. The van der Waals surface area contributed by atoms with Crippen LogP contribution in [0.3, 0.4) is 0 Å². The van der Waals surface area contributed by atoms with Gasteiger partial charge >= 0.3 is 12.0 Å². The first-order valence-corrected chi connectivity index (χ1v) is 6.57. The van der Waals surface area contributed by atoms with E-state index in [-0.39, 0.29) is 12.1 Å². The predicted octanol–water partition coefficient (Wildman–Crippen LogP) is 0.814. The molecule has 6 nitrogen and oxygen atoms in total. The average molecular weight is 256 g/mol. The van der Waals surface area contributed by atoms with Gasteiger partial charge < -0.3 is 20.1 Å². The van der Waals surface area contributed by atoms with Crippen molar-refractivity contribution in [3.8, 4) is 0 Å². The number of hydrogen-bond acceptors (Lipinski definition) is 3. The third-order valence-electron chi connectivity index (χ3n) is 3.57. The van der Waals surface area contributed by atoms with Crippen LogP contribution in [0.5, 0.6) is 0 Å². The van der Waals surface area contributed by atoms with Gasteiger partial charge in [-0.1, -0.05) is 0 Å². The second-order valence-corrected chi connectivity index (χ2v) is 4.85. The molecule has 0 spiro atoms. The van der Waals surface area contributed by atoms with Gasteiger partial charge in [0.25, 0.3) is 0 Å². The number of nitrogens with zero attached hydrogens (tertiary/aromatic N) is 1. The van der Waals surface area contributed by atoms with Crippen LogP contribution in [0.15, 0.2) is 0 Å². The number of rotatable bonds is 4. The highest BCUT2D eigenvalue weighted by Crippen LogP contribution is 2.18. The number of likely N-dealkylation sites (tertiary alicyclic amines) is 1. The Morgan fingerprint density at radius 3 is 2.83 bits per heavy atom. The van der Waals surface area contributed by atoms with Crippen molar-refractivity contribution in [2.24, 2.45) is 0 Å². The SMILES string of the molecule is O=C(O)C1CCCN1C(=O)NCCC1CCCO1. The Morgan fingerprint density at radius 1 is 1.33 bits per heavy atom. The zero-order valence-corrected chi connectivity index (χ0v) is 10.4. The first kappa shape index (κ1) is 13.1. The Bertz CT molecular complexity index is 315. The summed E-state index contributed by atoms with van der Waals surface area (Å²) < 4.78 is 5.46. The number of carbonyl (C=O) groups is 2. The van der Waals surface area contributed by atoms with Gasteiger partial charge in [0.05, 0.1) is 6.10 Å². The number of carboxylic acid groups (broad SMARTS) is 1. The molecule has 2 heterocycles. The number of aliphatic carboxylic acids is 1. The number of hydrogen-bond donors (Lipinski definition) is 2. The lowest BCUT2D eigenvalue weighted by molar-refractivity contribution is -0.141. The predicted molar refractivity (Wildman–Crippen MR) is 64.4 cm³/mol. The highest BCUT2D eigenvalue weighted by atomic mass is 16.5. The molecule has 0 saturated carbocycles. The van der Waals surface area contributed by atoms with E-state index in [0.717, 1.165) is 32.3 Å². The van der Waals surface area contributed by atoms with Crippen LogP contribution in [0.25, 0.3) is 0 Å². The molecule has 102 valence electrons. The van der Waals surface area contributed by atoms with Crippen molar-refractivity contribution in [3.05, 3.63) is 0 Å². The van der Waals surface area contributed by atoms with Gasteiger partial charge in [0.2, 0.25) is 0 Å². The van der Waals surface area contributed by atoms with Crippen LogP contribution in [0.1, 0.15) is 32.1 Å². The summed E-state index contributed by atoms with van der Waals surface area (Å²) in [5.41, 5.74) is 0. The Labute approximate surface area is 106 Å². The molecule has 0 aliphatic carbocycles. The van der Waals surface area contributed by atoms with Gasteiger partial charge in [-0.05, 0) is 32.1 Å². The maximum atomic E-state index is 11.8. The molecular formula is C12H20N2O4. The van der Waals surface area contributed by atoms with Crippen LogP contribution in [-0.2, 0) is 9.53 Å². The van der Waals surface area contributed by atoms with E-state index in [1.807, 2.05) is 0 Å². The molecule has 2 rings (SSSR count). The molecule has 2 amide bonds. The largest absolute Gasteiger partial charge is 0.480 e. The minimum absolute atomic E-state index is 0.249. The molecule has 2 unspecified atom stereocenters. The van der Waals surface area contributed by atoms with Crippen molar-refractivity contribution in [2.75, 3.05) is 19.7 Å². The number of carboxylic acids is 1. The summed E-state index contributed by atoms with van der Waals surface area (Å²) in [6.45, 7) is 1.89. The fraction of sp³-hybridized carbons (Fsp3) is 0.833. The van der Waals surface area contributed by atoms with Crippen molar-refractivity contribution in [3.63, 3.8) is 0 Å². The number of amides is 2. The lowest BCUT2D eigenvalue weighted by atomic mass is 10.2. The maximum Gasteiger partial charge on any atom is 0.326 e. The van der Waals surface area contributed by atoms with E-state index in [2.05, 4.69) is 5.32 Å². The monoisotopic (exact) mass is 256 g/mol. The van der Waals surface area contributed by atoms with Crippen molar-refractivity contribution in [2.45, 2.75) is 44.2 Å². The van der Waals surface area contributed by atoms with Crippen LogP contribution in [0.4, 0.5) is 4.79 Å². The Hall–Kier alpha value is -1.30. The second-order valence-electron chi connectivity index (χ2n) is 4.85. The number of carbonyl (C=O) groups excluding carboxylic acids is 1. The van der Waals surface area contributed by atoms with E-state index >= 15 is 0 Å². The van der Waals surface area contributed by atoms with Crippen molar-refractivity contribution in [1.29, 1.82) is 0 Å². The van der Waals surface area contributed by atoms with Crippen molar-refractivity contribution in [1.82, 2.24) is 10.2 Å². The van der Waals surface area contributed by atoms with Crippen LogP contribution < -0.4 is 5.32 Å². The van der Waals surface area contributed by atoms with E-state index < -0.39 is 12.0 Å². The summed E-state index contributed by atoms with van der Waals surface area (Å²) >= 11 is 0. The number of urea groups is 1. The molecule has 2 aliphatic rings. The quantitative estimate of drug-likeness (QED) is 0.780. The zero-order chi connectivity index (χ0) is 13.0. The summed E-state index contributed by atoms with van der Waals surface area (Å²) in [6, 6.07) is -0.925. The normalized spacial score (nSPS) is 27.4. The molecule has 2 aliphatic heterocycles. The van der Waals surface area contributed by atoms with Gasteiger partial charge in [0.15, 0.2) is 0 Å². The van der Waals surface area contributed by atoms with E-state index in [4.69, 9.17) is 9.84 Å². The Kier molecular flexibility index (Phi) is 4.41. The van der Waals surface area contributed by atoms with E-state index in [1.54, 1.807) is 0 Å². The molecule has 2 N–H and O–H groups in total. The molecular weight excluding hydrogens is 236 g/mol. The standard InChI is InChI=1S/C12H20N2O4/c15-11(16)10-4-1-7-14(10)12(17)13-6-5-9-3-2-8-18-9/h9-10H,1-8H2,(H,13,17)(H,15,16). The van der Waals surface area contributed by atoms with Gasteiger partial charge in [-0.25, -0.2) is 9.59 Å². The van der Waals surface area contributed by atoms with Gasteiger partial charge in [-0.15, -0.1) is 0 Å². The molecule has 2 atom stereocenters. The van der Waals surface area contributed by atoms with Crippen LogP contribution in [0, 0.1) is 0 Å². The fourth-order valence-electron chi connectivity index (χ4n) is 2.58. The van der Waals surface area contributed by atoms with E-state index in [1.165, 1.54) is 4.90 Å². The lowest BCUT2D eigenvalue weighted by Crippen LogP contribution is -2.46. The van der Waals surface area contributed by atoms with Gasteiger partial charge in [-0.2, -0.15) is 0 Å². The molecule has 0 aromatic heterocycles. The second kappa shape index (κ2) is 6.04. The topological polar surface area (TPSA) is 78.9 Å². The molecule has 0 bridgehead atoms. The lowest BCUT2D eigenvalue weighted by Gasteiger charge is -2.22. The number of nitrogens with one attached hydrogen (secondary N) is 1. The van der Waals surface area contributed by atoms with Gasteiger partial charge in [0.1, 0.15) is 6.04 Å². The molecule has 2 saturated heterocycles.